The fraction of sp³-hybridized carbons (Fsp3) is 0.333. The standard InChI is InChI=1S/C24H28N8O/c33-23(28-18-8-11-25-12-9-18)14-16-4-6-17(7-5-16)29-24-26-13-10-22(31-24)30-20-2-1-3-21-19(20)15-27-32-21/h4-13,19-21,27,32H,1-3,14-15H2,(H,25,28,33)(H2,26,29,30,31). The van der Waals surface area contributed by atoms with Crippen LogP contribution in [0.5, 0.6) is 0 Å². The van der Waals surface area contributed by atoms with Crippen LogP contribution in [0.4, 0.5) is 23.1 Å². The quantitative estimate of drug-likeness (QED) is 0.378. The van der Waals surface area contributed by atoms with Crippen LogP contribution in [0.2, 0.25) is 0 Å². The van der Waals surface area contributed by atoms with Crippen molar-refractivity contribution in [2.24, 2.45) is 5.92 Å². The second-order valence-electron chi connectivity index (χ2n) is 8.53. The van der Waals surface area contributed by atoms with Crippen LogP contribution < -0.4 is 26.8 Å². The first kappa shape index (κ1) is 21.3. The van der Waals surface area contributed by atoms with Crippen molar-refractivity contribution in [1.29, 1.82) is 0 Å². The Morgan fingerprint density at radius 2 is 1.85 bits per heavy atom. The number of anilines is 4. The monoisotopic (exact) mass is 444 g/mol. The minimum atomic E-state index is -0.0679. The highest BCUT2D eigenvalue weighted by molar-refractivity contribution is 5.92. The van der Waals surface area contributed by atoms with Gasteiger partial charge in [0.25, 0.3) is 0 Å². The number of rotatable bonds is 7. The molecule has 0 radical (unpaired) electrons. The molecular weight excluding hydrogens is 416 g/mol. The largest absolute Gasteiger partial charge is 0.367 e. The maximum Gasteiger partial charge on any atom is 0.229 e. The molecule has 0 bridgehead atoms. The molecular formula is C24H28N8O. The Kier molecular flexibility index (Phi) is 6.41. The zero-order chi connectivity index (χ0) is 22.5. The summed E-state index contributed by atoms with van der Waals surface area (Å²) in [6, 6.07) is 14.1. The van der Waals surface area contributed by atoms with Crippen molar-refractivity contribution in [3.63, 3.8) is 0 Å². The molecule has 9 heteroatoms. The molecule has 3 unspecified atom stereocenters. The van der Waals surface area contributed by atoms with E-state index in [1.807, 2.05) is 30.3 Å². The minimum Gasteiger partial charge on any atom is -0.367 e. The number of aromatic nitrogens is 3. The van der Waals surface area contributed by atoms with E-state index in [1.165, 1.54) is 12.8 Å². The predicted molar refractivity (Wildman–Crippen MR) is 128 cm³/mol. The van der Waals surface area contributed by atoms with Crippen LogP contribution in [0.25, 0.3) is 0 Å². The topological polar surface area (TPSA) is 116 Å². The molecule has 1 aliphatic carbocycles. The molecule has 170 valence electrons. The molecule has 1 aliphatic heterocycles. The average molecular weight is 445 g/mol. The van der Waals surface area contributed by atoms with Crippen molar-refractivity contribution in [2.75, 3.05) is 22.5 Å². The Bertz CT molecular complexity index is 1080. The number of carbonyl (C=O) groups is 1. The lowest BCUT2D eigenvalue weighted by atomic mass is 9.82. The van der Waals surface area contributed by atoms with E-state index < -0.39 is 0 Å². The Hall–Kier alpha value is -3.56. The van der Waals surface area contributed by atoms with Crippen molar-refractivity contribution in [3.8, 4) is 0 Å². The average Bonchev–Trinajstić information content (AvgIpc) is 3.31. The Morgan fingerprint density at radius 3 is 2.70 bits per heavy atom. The van der Waals surface area contributed by atoms with Gasteiger partial charge in [0.05, 0.1) is 6.42 Å². The van der Waals surface area contributed by atoms with Crippen LogP contribution in [-0.2, 0) is 11.2 Å². The number of amides is 1. The SMILES string of the molecule is O=C(Cc1ccc(Nc2nccc(NC3CCCC4NNCC43)n2)cc1)Nc1ccncc1. The van der Waals surface area contributed by atoms with E-state index in [0.717, 1.165) is 35.7 Å². The maximum absolute atomic E-state index is 12.2. The molecule has 0 spiro atoms. The van der Waals surface area contributed by atoms with Crippen LogP contribution in [0.3, 0.4) is 0 Å². The summed E-state index contributed by atoms with van der Waals surface area (Å²) in [4.78, 5) is 25.2. The molecule has 2 aliphatic rings. The van der Waals surface area contributed by atoms with Gasteiger partial charge in [-0.2, -0.15) is 4.98 Å². The van der Waals surface area contributed by atoms with E-state index in [9.17, 15) is 4.79 Å². The first-order chi connectivity index (χ1) is 16.2. The second-order valence-corrected chi connectivity index (χ2v) is 8.53. The fourth-order valence-electron chi connectivity index (χ4n) is 4.57. The minimum absolute atomic E-state index is 0.0679. The Labute approximate surface area is 192 Å². The van der Waals surface area contributed by atoms with Crippen molar-refractivity contribution in [3.05, 3.63) is 66.6 Å². The van der Waals surface area contributed by atoms with Gasteiger partial charge in [-0.05, 0) is 55.2 Å². The lowest BCUT2D eigenvalue weighted by Gasteiger charge is -2.33. The van der Waals surface area contributed by atoms with E-state index in [4.69, 9.17) is 0 Å². The molecule has 1 saturated carbocycles. The zero-order valence-electron chi connectivity index (χ0n) is 18.3. The number of hydrogen-bond donors (Lipinski definition) is 5. The lowest BCUT2D eigenvalue weighted by molar-refractivity contribution is -0.115. The van der Waals surface area contributed by atoms with Gasteiger partial charge in [0.15, 0.2) is 0 Å². The summed E-state index contributed by atoms with van der Waals surface area (Å²) in [5, 5.41) is 9.73. The molecule has 5 rings (SSSR count). The summed E-state index contributed by atoms with van der Waals surface area (Å²) >= 11 is 0. The van der Waals surface area contributed by atoms with Gasteiger partial charge in [0, 0.05) is 54.5 Å². The summed E-state index contributed by atoms with van der Waals surface area (Å²) in [6.45, 7) is 0.978. The zero-order valence-corrected chi connectivity index (χ0v) is 18.3. The number of hydrazine groups is 1. The summed E-state index contributed by atoms with van der Waals surface area (Å²) in [7, 11) is 0. The fourth-order valence-corrected chi connectivity index (χ4v) is 4.57. The summed E-state index contributed by atoms with van der Waals surface area (Å²) in [5.41, 5.74) is 9.21. The lowest BCUT2D eigenvalue weighted by Crippen LogP contribution is -2.42. The molecule has 3 heterocycles. The first-order valence-electron chi connectivity index (χ1n) is 11.4. The summed E-state index contributed by atoms with van der Waals surface area (Å²) in [6.07, 6.45) is 8.93. The van der Waals surface area contributed by atoms with Crippen molar-refractivity contribution in [1.82, 2.24) is 25.8 Å². The van der Waals surface area contributed by atoms with Crippen LogP contribution in [0.15, 0.2) is 61.1 Å². The second kappa shape index (κ2) is 9.93. The number of fused-ring (bicyclic) bond motifs is 1. The van der Waals surface area contributed by atoms with Gasteiger partial charge in [-0.25, -0.2) is 4.98 Å². The first-order valence-corrected chi connectivity index (χ1v) is 11.4. The van der Waals surface area contributed by atoms with Crippen LogP contribution in [0.1, 0.15) is 24.8 Å². The predicted octanol–water partition coefficient (Wildman–Crippen LogP) is 2.85. The number of benzene rings is 1. The molecule has 33 heavy (non-hydrogen) atoms. The Balaban J connectivity index is 1.17. The molecule has 1 aromatic carbocycles. The van der Waals surface area contributed by atoms with Gasteiger partial charge >= 0.3 is 0 Å². The number of pyridine rings is 1. The molecule has 2 aromatic heterocycles. The van der Waals surface area contributed by atoms with Gasteiger partial charge in [-0.3, -0.25) is 20.6 Å². The number of carbonyl (C=O) groups excluding carboxylic acids is 1. The number of nitrogens with zero attached hydrogens (tertiary/aromatic N) is 3. The molecule has 2 fully saturated rings. The third kappa shape index (κ3) is 5.44. The molecule has 5 N–H and O–H groups in total. The van der Waals surface area contributed by atoms with Gasteiger partial charge in [-0.15, -0.1) is 0 Å². The van der Waals surface area contributed by atoms with E-state index in [1.54, 1.807) is 30.7 Å². The van der Waals surface area contributed by atoms with Gasteiger partial charge in [0.1, 0.15) is 5.82 Å². The van der Waals surface area contributed by atoms with Crippen molar-refractivity contribution >= 4 is 29.0 Å². The molecule has 1 amide bonds. The Morgan fingerprint density at radius 1 is 1.00 bits per heavy atom. The summed E-state index contributed by atoms with van der Waals surface area (Å²) in [5.74, 6) is 1.86. The normalized spacial score (nSPS) is 21.8. The smallest absolute Gasteiger partial charge is 0.229 e. The van der Waals surface area contributed by atoms with Crippen LogP contribution in [-0.4, -0.2) is 39.5 Å². The van der Waals surface area contributed by atoms with Gasteiger partial charge in [-0.1, -0.05) is 12.1 Å². The molecule has 3 aromatic rings. The molecule has 9 nitrogen and oxygen atoms in total. The maximum atomic E-state index is 12.2. The highest BCUT2D eigenvalue weighted by Crippen LogP contribution is 2.29. The third-order valence-corrected chi connectivity index (χ3v) is 6.22. The number of hydrogen-bond acceptors (Lipinski definition) is 8. The van der Waals surface area contributed by atoms with Gasteiger partial charge < -0.3 is 16.0 Å². The van der Waals surface area contributed by atoms with E-state index in [2.05, 4.69) is 41.8 Å². The molecule has 3 atom stereocenters. The third-order valence-electron chi connectivity index (χ3n) is 6.22. The van der Waals surface area contributed by atoms with Crippen LogP contribution in [0, 0.1) is 5.92 Å². The number of nitrogens with one attached hydrogen (secondary N) is 5. The van der Waals surface area contributed by atoms with Crippen LogP contribution >= 0.6 is 0 Å². The highest BCUT2D eigenvalue weighted by atomic mass is 16.1. The summed E-state index contributed by atoms with van der Waals surface area (Å²) < 4.78 is 0. The highest BCUT2D eigenvalue weighted by Gasteiger charge is 2.36. The van der Waals surface area contributed by atoms with Gasteiger partial charge in [0.2, 0.25) is 11.9 Å². The van der Waals surface area contributed by atoms with E-state index >= 15 is 0 Å². The van der Waals surface area contributed by atoms with Crippen molar-refractivity contribution in [2.45, 2.75) is 37.8 Å². The molecule has 1 saturated heterocycles. The van der Waals surface area contributed by atoms with E-state index in [-0.39, 0.29) is 5.91 Å². The van der Waals surface area contributed by atoms with E-state index in [0.29, 0.717) is 30.4 Å². The van der Waals surface area contributed by atoms with Crippen molar-refractivity contribution < 1.29 is 4.79 Å².